The first-order valence-electron chi connectivity index (χ1n) is 7.64. The Labute approximate surface area is 154 Å². The van der Waals surface area contributed by atoms with Crippen molar-refractivity contribution in [2.45, 2.75) is 19.5 Å². The van der Waals surface area contributed by atoms with E-state index >= 15 is 0 Å². The van der Waals surface area contributed by atoms with Crippen molar-refractivity contribution in [3.05, 3.63) is 74.8 Å². The highest BCUT2D eigenvalue weighted by Gasteiger charge is 2.13. The van der Waals surface area contributed by atoms with Crippen molar-refractivity contribution in [2.75, 3.05) is 0 Å². The molecule has 1 aromatic heterocycles. The molecule has 1 amide bonds. The van der Waals surface area contributed by atoms with Crippen molar-refractivity contribution < 1.29 is 4.79 Å². The highest BCUT2D eigenvalue weighted by molar-refractivity contribution is 6.38. The number of carbonyl (C=O) groups is 1. The Balaban J connectivity index is 1.82. The summed E-state index contributed by atoms with van der Waals surface area (Å²) in [6, 6.07) is 12.4. The zero-order valence-electron chi connectivity index (χ0n) is 13.4. The van der Waals surface area contributed by atoms with Gasteiger partial charge in [0, 0.05) is 5.02 Å². The smallest absolute Gasteiger partial charge is 0.261 e. The third kappa shape index (κ3) is 3.83. The van der Waals surface area contributed by atoms with Gasteiger partial charge in [0.25, 0.3) is 5.56 Å². The van der Waals surface area contributed by atoms with Crippen LogP contribution in [-0.4, -0.2) is 15.5 Å². The molecule has 0 radical (unpaired) electrons. The first-order valence-corrected chi connectivity index (χ1v) is 8.40. The molecular formula is C18H15Cl2N3O2. The van der Waals surface area contributed by atoms with Gasteiger partial charge in [0.05, 0.1) is 28.3 Å². The maximum absolute atomic E-state index is 12.5. The zero-order chi connectivity index (χ0) is 18.0. The molecule has 3 aromatic rings. The third-order valence-corrected chi connectivity index (χ3v) is 4.34. The lowest BCUT2D eigenvalue weighted by molar-refractivity contribution is -0.122. The summed E-state index contributed by atoms with van der Waals surface area (Å²) in [6.07, 6.45) is 1.32. The molecular weight excluding hydrogens is 361 g/mol. The summed E-state index contributed by atoms with van der Waals surface area (Å²) in [5, 5.41) is 3.79. The molecule has 7 heteroatoms. The lowest BCUT2D eigenvalue weighted by atomic mass is 10.1. The molecule has 0 aliphatic rings. The maximum atomic E-state index is 12.5. The minimum absolute atomic E-state index is 0.136. The number of nitrogens with zero attached hydrogens (tertiary/aromatic N) is 2. The average molecular weight is 376 g/mol. The Bertz CT molecular complexity index is 987. The number of hydrogen-bond donors (Lipinski definition) is 1. The number of amides is 1. The van der Waals surface area contributed by atoms with E-state index < -0.39 is 0 Å². The van der Waals surface area contributed by atoms with Gasteiger partial charge in [-0.25, -0.2) is 4.98 Å². The van der Waals surface area contributed by atoms with E-state index in [9.17, 15) is 9.59 Å². The van der Waals surface area contributed by atoms with E-state index in [0.29, 0.717) is 15.6 Å². The van der Waals surface area contributed by atoms with Crippen LogP contribution >= 0.6 is 23.2 Å². The average Bonchev–Trinajstić information content (AvgIpc) is 2.58. The SMILES string of the molecule is C[C@H](NC(=O)Cn1cnc2c(Cl)cc(Cl)cc2c1=O)c1ccccc1. The summed E-state index contributed by atoms with van der Waals surface area (Å²) in [5.41, 5.74) is 0.987. The van der Waals surface area contributed by atoms with Crippen LogP contribution in [0.25, 0.3) is 10.9 Å². The second kappa shape index (κ2) is 7.25. The van der Waals surface area contributed by atoms with Crippen LogP contribution in [0.15, 0.2) is 53.6 Å². The van der Waals surface area contributed by atoms with Crippen LogP contribution < -0.4 is 10.9 Å². The first-order chi connectivity index (χ1) is 12.0. The van der Waals surface area contributed by atoms with E-state index in [1.54, 1.807) is 0 Å². The van der Waals surface area contributed by atoms with Gasteiger partial charge in [0.2, 0.25) is 5.91 Å². The number of carbonyl (C=O) groups excluding carboxylic acids is 1. The standard InChI is InChI=1S/C18H15Cl2N3O2/c1-11(12-5-3-2-4-6-12)22-16(24)9-23-10-21-17-14(18(23)25)7-13(19)8-15(17)20/h2-8,10-11H,9H2,1H3,(H,22,24)/t11-/m0/s1. The molecule has 5 nitrogen and oxygen atoms in total. The van der Waals surface area contributed by atoms with Crippen LogP contribution in [0, 0.1) is 0 Å². The van der Waals surface area contributed by atoms with Gasteiger partial charge < -0.3 is 5.32 Å². The minimum atomic E-state index is -0.364. The van der Waals surface area contributed by atoms with E-state index in [0.717, 1.165) is 5.56 Å². The van der Waals surface area contributed by atoms with Crippen molar-refractivity contribution in [1.29, 1.82) is 0 Å². The Morgan fingerprint density at radius 3 is 2.68 bits per heavy atom. The number of nitrogens with one attached hydrogen (secondary N) is 1. The maximum Gasteiger partial charge on any atom is 0.261 e. The number of rotatable bonds is 4. The largest absolute Gasteiger partial charge is 0.348 e. The molecule has 1 N–H and O–H groups in total. The number of fused-ring (bicyclic) bond motifs is 1. The van der Waals surface area contributed by atoms with Gasteiger partial charge in [-0.05, 0) is 24.6 Å². The molecule has 0 aliphatic carbocycles. The molecule has 1 atom stereocenters. The van der Waals surface area contributed by atoms with Crippen LogP contribution in [0.5, 0.6) is 0 Å². The predicted molar refractivity (Wildman–Crippen MR) is 99.0 cm³/mol. The highest BCUT2D eigenvalue weighted by Crippen LogP contribution is 2.23. The molecule has 0 spiro atoms. The third-order valence-electron chi connectivity index (χ3n) is 3.84. The fourth-order valence-corrected chi connectivity index (χ4v) is 3.12. The van der Waals surface area contributed by atoms with Gasteiger partial charge in [-0.3, -0.25) is 14.2 Å². The quantitative estimate of drug-likeness (QED) is 0.757. The molecule has 0 aliphatic heterocycles. The second-order valence-corrected chi connectivity index (χ2v) is 6.50. The summed E-state index contributed by atoms with van der Waals surface area (Å²) >= 11 is 12.0. The van der Waals surface area contributed by atoms with E-state index in [4.69, 9.17) is 23.2 Å². The summed E-state index contributed by atoms with van der Waals surface area (Å²) in [4.78, 5) is 29.0. The Kier molecular flexibility index (Phi) is 5.06. The minimum Gasteiger partial charge on any atom is -0.348 e. The Morgan fingerprint density at radius 2 is 1.96 bits per heavy atom. The van der Waals surface area contributed by atoms with Crippen LogP contribution in [0.2, 0.25) is 10.0 Å². The molecule has 2 aromatic carbocycles. The van der Waals surface area contributed by atoms with Crippen LogP contribution in [0.3, 0.4) is 0 Å². The normalized spacial score (nSPS) is 12.1. The zero-order valence-corrected chi connectivity index (χ0v) is 14.9. The predicted octanol–water partition coefficient (Wildman–Crippen LogP) is 3.58. The number of aromatic nitrogens is 2. The molecule has 25 heavy (non-hydrogen) atoms. The monoisotopic (exact) mass is 375 g/mol. The van der Waals surface area contributed by atoms with Crippen LogP contribution in [0.1, 0.15) is 18.5 Å². The molecule has 3 rings (SSSR count). The van der Waals surface area contributed by atoms with Crippen molar-refractivity contribution in [2.24, 2.45) is 0 Å². The van der Waals surface area contributed by atoms with Gasteiger partial charge in [-0.2, -0.15) is 0 Å². The fraction of sp³-hybridized carbons (Fsp3) is 0.167. The van der Waals surface area contributed by atoms with E-state index in [-0.39, 0.29) is 29.4 Å². The molecule has 128 valence electrons. The highest BCUT2D eigenvalue weighted by atomic mass is 35.5. The van der Waals surface area contributed by atoms with E-state index in [2.05, 4.69) is 10.3 Å². The molecule has 0 bridgehead atoms. The van der Waals surface area contributed by atoms with Gasteiger partial charge in [0.1, 0.15) is 6.54 Å². The summed E-state index contributed by atoms with van der Waals surface area (Å²) < 4.78 is 1.24. The molecule has 0 saturated carbocycles. The fourth-order valence-electron chi connectivity index (χ4n) is 2.57. The Hall–Kier alpha value is -2.37. The summed E-state index contributed by atoms with van der Waals surface area (Å²) in [7, 11) is 0. The van der Waals surface area contributed by atoms with Crippen molar-refractivity contribution in [3.63, 3.8) is 0 Å². The summed E-state index contributed by atoms with van der Waals surface area (Å²) in [6.45, 7) is 1.75. The lowest BCUT2D eigenvalue weighted by Crippen LogP contribution is -2.34. The topological polar surface area (TPSA) is 64.0 Å². The van der Waals surface area contributed by atoms with Crippen molar-refractivity contribution in [1.82, 2.24) is 14.9 Å². The van der Waals surface area contributed by atoms with Crippen molar-refractivity contribution >= 4 is 40.0 Å². The lowest BCUT2D eigenvalue weighted by Gasteiger charge is -2.15. The first kappa shape index (κ1) is 17.5. The van der Waals surface area contributed by atoms with Crippen molar-refractivity contribution in [3.8, 4) is 0 Å². The van der Waals surface area contributed by atoms with Crippen LogP contribution in [0.4, 0.5) is 0 Å². The van der Waals surface area contributed by atoms with Gasteiger partial charge in [0.15, 0.2) is 0 Å². The van der Waals surface area contributed by atoms with E-state index in [1.165, 1.54) is 23.0 Å². The van der Waals surface area contributed by atoms with Gasteiger partial charge >= 0.3 is 0 Å². The Morgan fingerprint density at radius 1 is 1.24 bits per heavy atom. The summed E-state index contributed by atoms with van der Waals surface area (Å²) in [5.74, 6) is -0.285. The van der Waals surface area contributed by atoms with Crippen LogP contribution in [-0.2, 0) is 11.3 Å². The molecule has 0 saturated heterocycles. The molecule has 1 heterocycles. The second-order valence-electron chi connectivity index (χ2n) is 5.66. The number of hydrogen-bond acceptors (Lipinski definition) is 3. The molecule has 0 unspecified atom stereocenters. The number of halogens is 2. The van der Waals surface area contributed by atoms with Gasteiger partial charge in [-0.15, -0.1) is 0 Å². The molecule has 0 fully saturated rings. The van der Waals surface area contributed by atoms with E-state index in [1.807, 2.05) is 37.3 Å². The van der Waals surface area contributed by atoms with Gasteiger partial charge in [-0.1, -0.05) is 53.5 Å². The number of benzene rings is 2.